The molecule has 3 heterocycles. The van der Waals surface area contributed by atoms with Crippen LogP contribution in [-0.4, -0.2) is 39.0 Å². The Morgan fingerprint density at radius 2 is 2.27 bits per heavy atom. The van der Waals surface area contributed by atoms with Gasteiger partial charge in [0.2, 0.25) is 0 Å². The number of nitrogens with zero attached hydrogens (tertiary/aromatic N) is 2. The van der Waals surface area contributed by atoms with Gasteiger partial charge in [-0.3, -0.25) is 9.78 Å². The number of hydrogen-bond donors (Lipinski definition) is 2. The predicted molar refractivity (Wildman–Crippen MR) is 80.6 cm³/mol. The molecule has 0 saturated carbocycles. The van der Waals surface area contributed by atoms with E-state index in [0.717, 1.165) is 5.56 Å². The number of carbonyl (C=O) groups is 2. The fraction of sp³-hybridized carbons (Fsp3) is 0.438. The van der Waals surface area contributed by atoms with Crippen molar-refractivity contribution in [2.24, 2.45) is 11.1 Å². The largest absolute Gasteiger partial charge is 0.480 e. The standard InChI is InChI=1S/C16H19N3O3/c1-16(2)6-12-11(14(20)19(12)13(16)15(21)22)5-10-4-3-9(7-17)8-18-10/h3-5,8,12-13H,6-7,17H2,1-2H3,(H,21,22)/b11-5+/t12?,13-/m0/s1. The monoisotopic (exact) mass is 301 g/mol. The molecule has 3 rings (SSSR count). The first-order chi connectivity index (χ1) is 10.3. The van der Waals surface area contributed by atoms with Gasteiger partial charge in [0, 0.05) is 18.3 Å². The number of carboxylic acid groups (broad SMARTS) is 1. The highest BCUT2D eigenvalue weighted by Gasteiger charge is 2.60. The molecule has 0 radical (unpaired) electrons. The molecule has 1 unspecified atom stereocenters. The van der Waals surface area contributed by atoms with Crippen molar-refractivity contribution in [2.75, 3.05) is 0 Å². The molecule has 2 aliphatic rings. The van der Waals surface area contributed by atoms with Gasteiger partial charge in [-0.2, -0.15) is 0 Å². The summed E-state index contributed by atoms with van der Waals surface area (Å²) in [6.45, 7) is 4.21. The third kappa shape index (κ3) is 2.11. The van der Waals surface area contributed by atoms with Crippen LogP contribution in [0.3, 0.4) is 0 Å². The summed E-state index contributed by atoms with van der Waals surface area (Å²) in [5.74, 6) is -1.14. The van der Waals surface area contributed by atoms with E-state index in [1.165, 1.54) is 4.90 Å². The summed E-state index contributed by atoms with van der Waals surface area (Å²) < 4.78 is 0. The molecule has 116 valence electrons. The zero-order valence-corrected chi connectivity index (χ0v) is 12.6. The number of carboxylic acids is 1. The van der Waals surface area contributed by atoms with Crippen LogP contribution < -0.4 is 5.73 Å². The Morgan fingerprint density at radius 1 is 1.55 bits per heavy atom. The molecule has 2 aliphatic heterocycles. The van der Waals surface area contributed by atoms with E-state index >= 15 is 0 Å². The van der Waals surface area contributed by atoms with Crippen LogP contribution in [0.25, 0.3) is 6.08 Å². The first kappa shape index (κ1) is 14.7. The Hall–Kier alpha value is -2.21. The number of pyridine rings is 1. The average Bonchev–Trinajstić information content (AvgIpc) is 2.74. The number of aliphatic carboxylic acids is 1. The lowest BCUT2D eigenvalue weighted by molar-refractivity contribution is -0.154. The van der Waals surface area contributed by atoms with E-state index in [9.17, 15) is 14.7 Å². The summed E-state index contributed by atoms with van der Waals surface area (Å²) in [6, 6.07) is 2.81. The van der Waals surface area contributed by atoms with Crippen LogP contribution in [0, 0.1) is 5.41 Å². The third-order valence-electron chi connectivity index (χ3n) is 4.53. The first-order valence-corrected chi connectivity index (χ1v) is 7.27. The smallest absolute Gasteiger partial charge is 0.327 e. The van der Waals surface area contributed by atoms with E-state index in [4.69, 9.17) is 5.73 Å². The molecule has 6 heteroatoms. The molecule has 0 spiro atoms. The summed E-state index contributed by atoms with van der Waals surface area (Å²) in [5.41, 5.74) is 7.36. The van der Waals surface area contributed by atoms with Crippen molar-refractivity contribution in [1.82, 2.24) is 9.88 Å². The van der Waals surface area contributed by atoms with Gasteiger partial charge in [0.15, 0.2) is 0 Å². The van der Waals surface area contributed by atoms with Gasteiger partial charge in [-0.1, -0.05) is 19.9 Å². The number of aromatic nitrogens is 1. The van der Waals surface area contributed by atoms with Gasteiger partial charge in [0.1, 0.15) is 6.04 Å². The van der Waals surface area contributed by atoms with Crippen LogP contribution in [0.4, 0.5) is 0 Å². The molecule has 3 N–H and O–H groups in total. The molecular weight excluding hydrogens is 282 g/mol. The van der Waals surface area contributed by atoms with E-state index in [0.29, 0.717) is 24.2 Å². The Kier molecular flexibility index (Phi) is 3.29. The number of hydrogen-bond acceptors (Lipinski definition) is 4. The number of nitrogens with two attached hydrogens (primary N) is 1. The Balaban J connectivity index is 1.88. The Bertz CT molecular complexity index is 664. The van der Waals surface area contributed by atoms with Crippen molar-refractivity contribution in [3.8, 4) is 0 Å². The van der Waals surface area contributed by atoms with Gasteiger partial charge in [0.05, 0.1) is 11.7 Å². The molecule has 1 amide bonds. The van der Waals surface area contributed by atoms with Gasteiger partial charge >= 0.3 is 5.97 Å². The van der Waals surface area contributed by atoms with Crippen LogP contribution in [0.15, 0.2) is 23.9 Å². The lowest BCUT2D eigenvalue weighted by atomic mass is 9.83. The highest BCUT2D eigenvalue weighted by molar-refractivity contribution is 6.08. The van der Waals surface area contributed by atoms with Crippen LogP contribution in [0.1, 0.15) is 31.5 Å². The highest BCUT2D eigenvalue weighted by Crippen LogP contribution is 2.49. The molecule has 2 saturated heterocycles. The highest BCUT2D eigenvalue weighted by atomic mass is 16.4. The van der Waals surface area contributed by atoms with Crippen LogP contribution >= 0.6 is 0 Å². The number of rotatable bonds is 3. The number of β-lactam (4-membered cyclic amide) rings is 1. The minimum atomic E-state index is -0.940. The lowest BCUT2D eigenvalue weighted by Gasteiger charge is -2.40. The van der Waals surface area contributed by atoms with Crippen molar-refractivity contribution in [3.05, 3.63) is 35.2 Å². The number of fused-ring (bicyclic) bond motifs is 1. The second kappa shape index (κ2) is 4.91. The fourth-order valence-electron chi connectivity index (χ4n) is 3.42. The third-order valence-corrected chi connectivity index (χ3v) is 4.53. The second-order valence-corrected chi connectivity index (χ2v) is 6.56. The van der Waals surface area contributed by atoms with Crippen LogP contribution in [0.2, 0.25) is 0 Å². The summed E-state index contributed by atoms with van der Waals surface area (Å²) in [7, 11) is 0. The lowest BCUT2D eigenvalue weighted by Crippen LogP contribution is -2.57. The molecule has 1 aromatic rings. The molecule has 0 aromatic carbocycles. The Morgan fingerprint density at radius 3 is 2.82 bits per heavy atom. The van der Waals surface area contributed by atoms with Crippen molar-refractivity contribution in [2.45, 2.75) is 38.9 Å². The van der Waals surface area contributed by atoms with Crippen molar-refractivity contribution in [1.29, 1.82) is 0 Å². The topological polar surface area (TPSA) is 96.5 Å². The van der Waals surface area contributed by atoms with Crippen LogP contribution in [-0.2, 0) is 16.1 Å². The van der Waals surface area contributed by atoms with E-state index in [-0.39, 0.29) is 11.9 Å². The quantitative estimate of drug-likeness (QED) is 0.642. The fourth-order valence-corrected chi connectivity index (χ4v) is 3.42. The molecule has 2 atom stereocenters. The summed E-state index contributed by atoms with van der Waals surface area (Å²) in [6.07, 6.45) is 4.10. The van der Waals surface area contributed by atoms with E-state index in [2.05, 4.69) is 4.98 Å². The Labute approximate surface area is 128 Å². The average molecular weight is 301 g/mol. The molecule has 0 aliphatic carbocycles. The van der Waals surface area contributed by atoms with Gasteiger partial charge in [-0.15, -0.1) is 0 Å². The second-order valence-electron chi connectivity index (χ2n) is 6.56. The van der Waals surface area contributed by atoms with Gasteiger partial charge in [-0.05, 0) is 29.5 Å². The van der Waals surface area contributed by atoms with Crippen molar-refractivity contribution >= 4 is 18.0 Å². The SMILES string of the molecule is CC1(C)CC2/C(=C\c3ccc(CN)cn3)C(=O)N2[C@H]1C(=O)O. The maximum absolute atomic E-state index is 12.3. The van der Waals surface area contributed by atoms with Gasteiger partial charge < -0.3 is 15.7 Å². The zero-order valence-electron chi connectivity index (χ0n) is 12.6. The minimum absolute atomic E-state index is 0.125. The zero-order chi connectivity index (χ0) is 16.1. The summed E-state index contributed by atoms with van der Waals surface area (Å²) in [4.78, 5) is 29.5. The minimum Gasteiger partial charge on any atom is -0.480 e. The number of amides is 1. The summed E-state index contributed by atoms with van der Waals surface area (Å²) >= 11 is 0. The van der Waals surface area contributed by atoms with Crippen molar-refractivity contribution in [3.63, 3.8) is 0 Å². The molecule has 6 nitrogen and oxygen atoms in total. The predicted octanol–water partition coefficient (Wildman–Crippen LogP) is 1.02. The molecular formula is C16H19N3O3. The van der Waals surface area contributed by atoms with E-state index in [1.807, 2.05) is 26.0 Å². The first-order valence-electron chi connectivity index (χ1n) is 7.27. The van der Waals surface area contributed by atoms with Crippen molar-refractivity contribution < 1.29 is 14.7 Å². The van der Waals surface area contributed by atoms with E-state index in [1.54, 1.807) is 12.3 Å². The molecule has 22 heavy (non-hydrogen) atoms. The van der Waals surface area contributed by atoms with Crippen LogP contribution in [0.5, 0.6) is 0 Å². The van der Waals surface area contributed by atoms with Gasteiger partial charge in [-0.25, -0.2) is 4.79 Å². The summed E-state index contributed by atoms with van der Waals surface area (Å²) in [5, 5.41) is 9.38. The van der Waals surface area contributed by atoms with E-state index < -0.39 is 17.4 Å². The molecule has 0 bridgehead atoms. The van der Waals surface area contributed by atoms with Gasteiger partial charge in [0.25, 0.3) is 5.91 Å². The maximum Gasteiger partial charge on any atom is 0.327 e. The number of carbonyl (C=O) groups excluding carboxylic acids is 1. The molecule has 1 aromatic heterocycles. The molecule has 2 fully saturated rings. The normalized spacial score (nSPS) is 27.7. The maximum atomic E-state index is 12.3.